The zero-order valence-electron chi connectivity index (χ0n) is 12.6. The maximum absolute atomic E-state index is 12.3. The van der Waals surface area contributed by atoms with Crippen molar-refractivity contribution in [2.75, 3.05) is 13.1 Å². The summed E-state index contributed by atoms with van der Waals surface area (Å²) in [6, 6.07) is 10.1. The van der Waals surface area contributed by atoms with E-state index in [9.17, 15) is 4.79 Å². The monoisotopic (exact) mass is 315 g/mol. The molecule has 5 heteroatoms. The molecule has 1 aromatic heterocycles. The summed E-state index contributed by atoms with van der Waals surface area (Å²) in [6.45, 7) is 3.47. The molecule has 2 aromatic rings. The molecule has 22 heavy (non-hydrogen) atoms. The van der Waals surface area contributed by atoms with Gasteiger partial charge >= 0.3 is 0 Å². The molecule has 0 unspecified atom stereocenters. The number of nitrogens with one attached hydrogen (secondary N) is 1. The second kappa shape index (κ2) is 7.51. The van der Waals surface area contributed by atoms with Gasteiger partial charge in [-0.2, -0.15) is 0 Å². The summed E-state index contributed by atoms with van der Waals surface area (Å²) < 4.78 is 0. The minimum Gasteiger partial charge on any atom is -0.352 e. The summed E-state index contributed by atoms with van der Waals surface area (Å²) >= 11 is 1.64. The van der Waals surface area contributed by atoms with Crippen molar-refractivity contribution in [3.63, 3.8) is 0 Å². The van der Waals surface area contributed by atoms with Crippen LogP contribution in [0.2, 0.25) is 0 Å². The molecule has 3 rings (SSSR count). The van der Waals surface area contributed by atoms with Crippen LogP contribution in [-0.2, 0) is 17.9 Å². The molecule has 1 N–H and O–H groups in total. The van der Waals surface area contributed by atoms with Crippen molar-refractivity contribution < 1.29 is 4.79 Å². The Labute approximate surface area is 135 Å². The molecule has 4 nitrogen and oxygen atoms in total. The van der Waals surface area contributed by atoms with Crippen LogP contribution in [0, 0.1) is 5.92 Å². The molecule has 2 heterocycles. The van der Waals surface area contributed by atoms with E-state index in [1.54, 1.807) is 11.3 Å². The summed E-state index contributed by atoms with van der Waals surface area (Å²) in [4.78, 5) is 19.0. The van der Waals surface area contributed by atoms with Gasteiger partial charge in [-0.25, -0.2) is 4.98 Å². The number of piperidine rings is 1. The van der Waals surface area contributed by atoms with Crippen molar-refractivity contribution in [1.82, 2.24) is 15.2 Å². The second-order valence-electron chi connectivity index (χ2n) is 5.73. The highest BCUT2D eigenvalue weighted by Gasteiger charge is 2.24. The Hall–Kier alpha value is -1.72. The molecule has 0 aliphatic carbocycles. The fourth-order valence-corrected chi connectivity index (χ4v) is 3.38. The second-order valence-corrected chi connectivity index (χ2v) is 6.45. The third-order valence-electron chi connectivity index (χ3n) is 4.14. The predicted molar refractivity (Wildman–Crippen MR) is 88.4 cm³/mol. The Kier molecular flexibility index (Phi) is 5.19. The summed E-state index contributed by atoms with van der Waals surface area (Å²) in [5.41, 5.74) is 4.16. The highest BCUT2D eigenvalue weighted by atomic mass is 32.1. The number of likely N-dealkylation sites (tertiary alicyclic amines) is 1. The molecular weight excluding hydrogens is 294 g/mol. The van der Waals surface area contributed by atoms with Crippen LogP contribution in [0.1, 0.15) is 24.1 Å². The van der Waals surface area contributed by atoms with Gasteiger partial charge in [0, 0.05) is 24.4 Å². The van der Waals surface area contributed by atoms with Gasteiger partial charge in [0.25, 0.3) is 0 Å². The molecule has 1 saturated heterocycles. The zero-order chi connectivity index (χ0) is 15.2. The van der Waals surface area contributed by atoms with Gasteiger partial charge in [-0.15, -0.1) is 11.3 Å². The molecule has 1 fully saturated rings. The van der Waals surface area contributed by atoms with Crippen molar-refractivity contribution >= 4 is 17.2 Å². The van der Waals surface area contributed by atoms with E-state index in [0.717, 1.165) is 43.7 Å². The lowest BCUT2D eigenvalue weighted by atomic mass is 9.95. The lowest BCUT2D eigenvalue weighted by Crippen LogP contribution is -2.40. The number of benzene rings is 1. The smallest absolute Gasteiger partial charge is 0.223 e. The van der Waals surface area contributed by atoms with Crippen LogP contribution in [0.25, 0.3) is 0 Å². The van der Waals surface area contributed by atoms with Gasteiger partial charge < -0.3 is 5.32 Å². The Morgan fingerprint density at radius 2 is 2.05 bits per heavy atom. The van der Waals surface area contributed by atoms with E-state index in [-0.39, 0.29) is 11.8 Å². The van der Waals surface area contributed by atoms with Gasteiger partial charge in [0.1, 0.15) is 0 Å². The van der Waals surface area contributed by atoms with E-state index in [0.29, 0.717) is 6.54 Å². The first-order valence-electron chi connectivity index (χ1n) is 7.72. The van der Waals surface area contributed by atoms with Crippen LogP contribution < -0.4 is 5.32 Å². The first-order valence-corrected chi connectivity index (χ1v) is 8.66. The maximum Gasteiger partial charge on any atom is 0.223 e. The molecule has 1 amide bonds. The van der Waals surface area contributed by atoms with E-state index in [1.807, 2.05) is 35.8 Å². The minimum absolute atomic E-state index is 0.149. The molecule has 0 radical (unpaired) electrons. The van der Waals surface area contributed by atoms with Crippen molar-refractivity contribution in [2.45, 2.75) is 25.9 Å². The Morgan fingerprint density at radius 3 is 2.73 bits per heavy atom. The van der Waals surface area contributed by atoms with Gasteiger partial charge in [0.05, 0.1) is 11.2 Å². The molecule has 0 atom stereocenters. The first-order chi connectivity index (χ1) is 10.8. The molecule has 1 aromatic carbocycles. The fourth-order valence-electron chi connectivity index (χ4n) is 2.83. The lowest BCUT2D eigenvalue weighted by Gasteiger charge is -2.30. The topological polar surface area (TPSA) is 45.2 Å². The van der Waals surface area contributed by atoms with E-state index in [1.165, 1.54) is 0 Å². The quantitative estimate of drug-likeness (QED) is 0.922. The maximum atomic E-state index is 12.3. The van der Waals surface area contributed by atoms with E-state index >= 15 is 0 Å². The number of hydrogen-bond donors (Lipinski definition) is 1. The predicted octanol–water partition coefficient (Wildman–Crippen LogP) is 2.67. The zero-order valence-corrected chi connectivity index (χ0v) is 13.4. The number of rotatable bonds is 5. The Morgan fingerprint density at radius 1 is 1.27 bits per heavy atom. The molecule has 116 valence electrons. The summed E-state index contributed by atoms with van der Waals surface area (Å²) in [5.74, 6) is 0.340. The van der Waals surface area contributed by atoms with Gasteiger partial charge in [-0.3, -0.25) is 9.69 Å². The number of hydrogen-bond acceptors (Lipinski definition) is 4. The normalized spacial score (nSPS) is 16.5. The van der Waals surface area contributed by atoms with Crippen molar-refractivity contribution in [3.05, 3.63) is 52.5 Å². The fraction of sp³-hybridized carbons (Fsp3) is 0.412. The van der Waals surface area contributed by atoms with E-state index < -0.39 is 0 Å². The summed E-state index contributed by atoms with van der Waals surface area (Å²) in [6.07, 6.45) is 1.87. The number of aromatic nitrogens is 1. The van der Waals surface area contributed by atoms with E-state index in [2.05, 4.69) is 20.6 Å². The average molecular weight is 315 g/mol. The van der Waals surface area contributed by atoms with Gasteiger partial charge in [0.15, 0.2) is 0 Å². The van der Waals surface area contributed by atoms with Crippen LogP contribution in [0.15, 0.2) is 41.2 Å². The highest BCUT2D eigenvalue weighted by Crippen LogP contribution is 2.19. The number of nitrogens with zero attached hydrogens (tertiary/aromatic N) is 2. The molecule has 0 saturated carbocycles. The Balaban J connectivity index is 1.42. The number of carbonyl (C=O) groups excluding carboxylic acids is 1. The number of carbonyl (C=O) groups is 1. The molecule has 0 spiro atoms. The third-order valence-corrected chi connectivity index (χ3v) is 4.77. The minimum atomic E-state index is 0.149. The van der Waals surface area contributed by atoms with Crippen LogP contribution in [0.3, 0.4) is 0 Å². The van der Waals surface area contributed by atoms with Gasteiger partial charge in [0.2, 0.25) is 5.91 Å². The number of thiazole rings is 1. The molecule has 1 aliphatic rings. The summed E-state index contributed by atoms with van der Waals surface area (Å²) in [7, 11) is 0. The van der Waals surface area contributed by atoms with Crippen LogP contribution in [-0.4, -0.2) is 28.9 Å². The van der Waals surface area contributed by atoms with Gasteiger partial charge in [-0.1, -0.05) is 30.3 Å². The largest absolute Gasteiger partial charge is 0.352 e. The third kappa shape index (κ3) is 4.15. The molecule has 1 aliphatic heterocycles. The lowest BCUT2D eigenvalue weighted by molar-refractivity contribution is -0.126. The highest BCUT2D eigenvalue weighted by molar-refractivity contribution is 7.07. The van der Waals surface area contributed by atoms with Crippen LogP contribution in [0.5, 0.6) is 0 Å². The van der Waals surface area contributed by atoms with Gasteiger partial charge in [-0.05, 0) is 31.5 Å². The first kappa shape index (κ1) is 15.2. The van der Waals surface area contributed by atoms with Crippen LogP contribution >= 0.6 is 11.3 Å². The number of amides is 1. The molecular formula is C17H21N3OS. The van der Waals surface area contributed by atoms with E-state index in [4.69, 9.17) is 0 Å². The van der Waals surface area contributed by atoms with Crippen LogP contribution in [0.4, 0.5) is 0 Å². The standard InChI is InChI=1S/C17H21N3OS/c21-17(18-10-14-4-2-1-3-5-14)15-6-8-20(9-7-15)11-16-12-22-13-19-16/h1-5,12-13,15H,6-11H2,(H,18,21). The average Bonchev–Trinajstić information content (AvgIpc) is 3.07. The molecule has 0 bridgehead atoms. The Bertz CT molecular complexity index is 577. The summed E-state index contributed by atoms with van der Waals surface area (Å²) in [5, 5.41) is 5.16. The van der Waals surface area contributed by atoms with Crippen molar-refractivity contribution in [3.8, 4) is 0 Å². The van der Waals surface area contributed by atoms with Crippen molar-refractivity contribution in [2.24, 2.45) is 5.92 Å². The SMILES string of the molecule is O=C(NCc1ccccc1)C1CCN(Cc2cscn2)CC1. The van der Waals surface area contributed by atoms with Crippen molar-refractivity contribution in [1.29, 1.82) is 0 Å².